The monoisotopic (exact) mass is 460 g/mol. The van der Waals surface area contributed by atoms with E-state index in [9.17, 15) is 14.7 Å². The molecule has 1 aromatic heterocycles. The first-order valence-corrected chi connectivity index (χ1v) is 11.0. The second-order valence-electron chi connectivity index (χ2n) is 8.34. The Kier molecular flexibility index (Phi) is 5.17. The predicted molar refractivity (Wildman–Crippen MR) is 125 cm³/mol. The van der Waals surface area contributed by atoms with Gasteiger partial charge in [-0.05, 0) is 79.1 Å². The van der Waals surface area contributed by atoms with E-state index in [-0.39, 0.29) is 17.4 Å². The first kappa shape index (κ1) is 21.2. The number of rotatable bonds is 3. The molecule has 1 fully saturated rings. The Labute approximate surface area is 196 Å². The number of ether oxygens (including phenoxy) is 1. The molecule has 5 rings (SSSR count). The lowest BCUT2D eigenvalue weighted by molar-refractivity contribution is -0.132. The minimum absolute atomic E-state index is 0.0347. The second-order valence-corrected chi connectivity index (χ2v) is 8.77. The molecule has 1 amide bonds. The van der Waals surface area contributed by atoms with Gasteiger partial charge in [0.05, 0.1) is 11.6 Å². The minimum Gasteiger partial charge on any atom is -0.507 e. The standard InChI is InChI=1S/C26H21ClN2O4/c1-14-11-19(27)4-5-20(14)29-23(16-7-9-28-10-8-16)22(25(31)26(29)32)24(30)17-3-6-21-18(13-17)12-15(2)33-21/h3-11,13,15,23,30H,12H2,1-2H3/b24-22-. The number of aryl methyl sites for hydroxylation is 1. The van der Waals surface area contributed by atoms with Gasteiger partial charge in [-0.15, -0.1) is 0 Å². The van der Waals surface area contributed by atoms with Crippen molar-refractivity contribution in [3.05, 3.63) is 93.8 Å². The summed E-state index contributed by atoms with van der Waals surface area (Å²) in [5, 5.41) is 11.8. The van der Waals surface area contributed by atoms with Crippen LogP contribution in [0.4, 0.5) is 5.69 Å². The van der Waals surface area contributed by atoms with Gasteiger partial charge in [0, 0.05) is 35.1 Å². The molecule has 3 aromatic rings. The van der Waals surface area contributed by atoms with Gasteiger partial charge in [0.15, 0.2) is 0 Å². The number of hydrogen-bond acceptors (Lipinski definition) is 5. The van der Waals surface area contributed by atoms with Gasteiger partial charge in [-0.1, -0.05) is 11.6 Å². The highest BCUT2D eigenvalue weighted by atomic mass is 35.5. The SMILES string of the molecule is Cc1cc(Cl)ccc1N1C(=O)C(=O)/C(=C(\O)c2ccc3c(c2)CC(C)O3)C1c1ccncc1. The smallest absolute Gasteiger partial charge is 0.300 e. The highest BCUT2D eigenvalue weighted by molar-refractivity contribution is 6.51. The normalized spacial score (nSPS) is 21.2. The molecule has 6 nitrogen and oxygen atoms in total. The third kappa shape index (κ3) is 3.56. The number of hydrogen-bond donors (Lipinski definition) is 1. The van der Waals surface area contributed by atoms with Crippen molar-refractivity contribution >= 4 is 34.7 Å². The van der Waals surface area contributed by atoms with Gasteiger partial charge in [-0.3, -0.25) is 19.5 Å². The summed E-state index contributed by atoms with van der Waals surface area (Å²) in [5.41, 5.74) is 3.42. The number of carbonyl (C=O) groups excluding carboxylic acids is 2. The van der Waals surface area contributed by atoms with Crippen LogP contribution in [0.5, 0.6) is 5.75 Å². The predicted octanol–water partition coefficient (Wildman–Crippen LogP) is 4.99. The van der Waals surface area contributed by atoms with Gasteiger partial charge in [-0.25, -0.2) is 0 Å². The van der Waals surface area contributed by atoms with Crippen molar-refractivity contribution in [2.45, 2.75) is 32.4 Å². The molecular weight excluding hydrogens is 440 g/mol. The second kappa shape index (κ2) is 8.05. The van der Waals surface area contributed by atoms with Crippen molar-refractivity contribution in [1.29, 1.82) is 0 Å². The van der Waals surface area contributed by atoms with Crippen molar-refractivity contribution in [3.63, 3.8) is 0 Å². The highest BCUT2D eigenvalue weighted by Gasteiger charge is 2.47. The van der Waals surface area contributed by atoms with Crippen LogP contribution in [0.25, 0.3) is 5.76 Å². The van der Waals surface area contributed by atoms with Crippen molar-refractivity contribution < 1.29 is 19.4 Å². The summed E-state index contributed by atoms with van der Waals surface area (Å²) in [6, 6.07) is 13.1. The maximum atomic E-state index is 13.3. The van der Waals surface area contributed by atoms with E-state index in [2.05, 4.69) is 4.98 Å². The number of Topliss-reactive ketones (excluding diaryl/α,β-unsaturated/α-hetero) is 1. The lowest BCUT2D eigenvalue weighted by atomic mass is 9.94. The van der Waals surface area contributed by atoms with Gasteiger partial charge in [0.25, 0.3) is 11.7 Å². The molecule has 1 N–H and O–H groups in total. The summed E-state index contributed by atoms with van der Waals surface area (Å²) in [4.78, 5) is 32.0. The fourth-order valence-corrected chi connectivity index (χ4v) is 4.78. The van der Waals surface area contributed by atoms with E-state index >= 15 is 0 Å². The van der Waals surface area contributed by atoms with Crippen molar-refractivity contribution in [2.75, 3.05) is 4.90 Å². The molecule has 0 bridgehead atoms. The number of amides is 1. The summed E-state index contributed by atoms with van der Waals surface area (Å²) in [6.07, 6.45) is 3.95. The Morgan fingerprint density at radius 3 is 2.61 bits per heavy atom. The summed E-state index contributed by atoms with van der Waals surface area (Å²) >= 11 is 6.12. The average molecular weight is 461 g/mol. The van der Waals surface area contributed by atoms with Crippen LogP contribution in [0.2, 0.25) is 5.02 Å². The molecule has 2 aromatic carbocycles. The number of aliphatic hydroxyl groups excluding tert-OH is 1. The van der Waals surface area contributed by atoms with E-state index in [0.29, 0.717) is 28.3 Å². The van der Waals surface area contributed by atoms with Crippen LogP contribution in [0.1, 0.15) is 35.2 Å². The number of benzene rings is 2. The summed E-state index contributed by atoms with van der Waals surface area (Å²) in [7, 11) is 0. The molecule has 166 valence electrons. The number of aliphatic hydroxyl groups is 1. The lowest BCUT2D eigenvalue weighted by Gasteiger charge is -2.26. The number of carbonyl (C=O) groups is 2. The molecule has 2 aliphatic heterocycles. The third-order valence-electron chi connectivity index (χ3n) is 6.05. The van der Waals surface area contributed by atoms with Gasteiger partial charge in [0.1, 0.15) is 17.6 Å². The molecule has 2 unspecified atom stereocenters. The fourth-order valence-electron chi connectivity index (χ4n) is 4.56. The quantitative estimate of drug-likeness (QED) is 0.338. The molecule has 1 saturated heterocycles. The molecule has 2 aliphatic rings. The van der Waals surface area contributed by atoms with Crippen LogP contribution in [-0.2, 0) is 16.0 Å². The number of ketones is 1. The number of nitrogens with zero attached hydrogens (tertiary/aromatic N) is 2. The number of halogens is 1. The van der Waals surface area contributed by atoms with Crippen LogP contribution < -0.4 is 9.64 Å². The molecule has 2 atom stereocenters. The Bertz CT molecular complexity index is 1320. The topological polar surface area (TPSA) is 79.7 Å². The molecule has 0 spiro atoms. The molecule has 3 heterocycles. The number of pyridine rings is 1. The Hall–Kier alpha value is -3.64. The van der Waals surface area contributed by atoms with Crippen molar-refractivity contribution in [3.8, 4) is 5.75 Å². The van der Waals surface area contributed by atoms with Gasteiger partial charge in [-0.2, -0.15) is 0 Å². The summed E-state index contributed by atoms with van der Waals surface area (Å²) < 4.78 is 5.75. The van der Waals surface area contributed by atoms with Crippen molar-refractivity contribution in [1.82, 2.24) is 4.98 Å². The number of anilines is 1. The zero-order valence-corrected chi connectivity index (χ0v) is 18.8. The fraction of sp³-hybridized carbons (Fsp3) is 0.192. The van der Waals surface area contributed by atoms with E-state index < -0.39 is 17.7 Å². The zero-order chi connectivity index (χ0) is 23.3. The van der Waals surface area contributed by atoms with Gasteiger partial charge < -0.3 is 9.84 Å². The van der Waals surface area contributed by atoms with Gasteiger partial charge >= 0.3 is 0 Å². The first-order valence-electron chi connectivity index (χ1n) is 10.6. The largest absolute Gasteiger partial charge is 0.507 e. The van der Waals surface area contributed by atoms with E-state index in [1.807, 2.05) is 19.9 Å². The Morgan fingerprint density at radius 1 is 1.12 bits per heavy atom. The molecule has 0 saturated carbocycles. The first-order chi connectivity index (χ1) is 15.8. The van der Waals surface area contributed by atoms with E-state index in [1.165, 1.54) is 4.90 Å². The number of fused-ring (bicyclic) bond motifs is 1. The zero-order valence-electron chi connectivity index (χ0n) is 18.1. The van der Waals surface area contributed by atoms with Crippen LogP contribution in [0.3, 0.4) is 0 Å². The number of aromatic nitrogens is 1. The molecule has 7 heteroatoms. The maximum Gasteiger partial charge on any atom is 0.300 e. The van der Waals surface area contributed by atoms with Crippen LogP contribution in [0.15, 0.2) is 66.5 Å². The third-order valence-corrected chi connectivity index (χ3v) is 6.29. The average Bonchev–Trinajstić information content (AvgIpc) is 3.30. The summed E-state index contributed by atoms with van der Waals surface area (Å²) in [6.45, 7) is 3.80. The maximum absolute atomic E-state index is 13.3. The molecule has 33 heavy (non-hydrogen) atoms. The lowest BCUT2D eigenvalue weighted by Crippen LogP contribution is -2.30. The Morgan fingerprint density at radius 2 is 1.88 bits per heavy atom. The van der Waals surface area contributed by atoms with E-state index in [1.54, 1.807) is 54.9 Å². The summed E-state index contributed by atoms with van der Waals surface area (Å²) in [5.74, 6) is -0.899. The molecule has 0 radical (unpaired) electrons. The molecule has 0 aliphatic carbocycles. The van der Waals surface area contributed by atoms with Gasteiger partial charge in [0.2, 0.25) is 0 Å². The van der Waals surface area contributed by atoms with Crippen molar-refractivity contribution in [2.24, 2.45) is 0 Å². The molecular formula is C26H21ClN2O4. The highest BCUT2D eigenvalue weighted by Crippen LogP contribution is 2.43. The minimum atomic E-state index is -0.809. The Balaban J connectivity index is 1.70. The van der Waals surface area contributed by atoms with E-state index in [0.717, 1.165) is 16.9 Å². The van der Waals surface area contributed by atoms with Crippen LogP contribution in [-0.4, -0.2) is 27.9 Å². The van der Waals surface area contributed by atoms with Crippen LogP contribution in [0, 0.1) is 6.92 Å². The van der Waals surface area contributed by atoms with Crippen LogP contribution >= 0.6 is 11.6 Å². The van der Waals surface area contributed by atoms with E-state index in [4.69, 9.17) is 16.3 Å².